The Morgan fingerprint density at radius 2 is 1.53 bits per heavy atom. The lowest BCUT2D eigenvalue weighted by Crippen LogP contribution is -2.54. The molecule has 1 fully saturated rings. The van der Waals surface area contributed by atoms with Crippen molar-refractivity contribution in [2.75, 3.05) is 20.6 Å². The Balaban J connectivity index is 1.56. The summed E-state index contributed by atoms with van der Waals surface area (Å²) < 4.78 is 0. The number of rotatable bonds is 8. The van der Waals surface area contributed by atoms with Crippen LogP contribution < -0.4 is 16.1 Å². The summed E-state index contributed by atoms with van der Waals surface area (Å²) in [6, 6.07) is 13.3. The average molecular weight is 491 g/mol. The standard InChI is InChI=1S/C28H34N4O4/c1-29-26(33)25(27(34)31-36)32(2)28(35)24-16-14-21(15-17-24)9-8-20-10-12-23(13-11-20)19-30-18-22-6-4-3-5-7-22/h10-17,22,25,30,36H,3-7,18-19H2,1-2H3,(H,29,33)(H,31,34). The summed E-state index contributed by atoms with van der Waals surface area (Å²) >= 11 is 0. The van der Waals surface area contributed by atoms with E-state index in [9.17, 15) is 14.4 Å². The van der Waals surface area contributed by atoms with Gasteiger partial charge in [-0.1, -0.05) is 43.2 Å². The minimum Gasteiger partial charge on any atom is -0.357 e. The van der Waals surface area contributed by atoms with Crippen molar-refractivity contribution in [2.45, 2.75) is 44.7 Å². The molecule has 2 aromatic carbocycles. The van der Waals surface area contributed by atoms with Crippen molar-refractivity contribution in [3.63, 3.8) is 0 Å². The van der Waals surface area contributed by atoms with Gasteiger partial charge in [0.1, 0.15) is 0 Å². The minimum absolute atomic E-state index is 0.285. The molecule has 0 radical (unpaired) electrons. The van der Waals surface area contributed by atoms with Crippen LogP contribution in [0.4, 0.5) is 0 Å². The summed E-state index contributed by atoms with van der Waals surface area (Å²) in [6.07, 6.45) is 6.77. The number of carbonyl (C=O) groups is 3. The highest BCUT2D eigenvalue weighted by Gasteiger charge is 2.33. The largest absolute Gasteiger partial charge is 0.357 e. The van der Waals surface area contributed by atoms with Crippen molar-refractivity contribution in [1.29, 1.82) is 0 Å². The molecule has 1 aliphatic carbocycles. The number of hydrogen-bond acceptors (Lipinski definition) is 5. The Labute approximate surface area is 212 Å². The molecule has 8 heteroatoms. The number of carbonyl (C=O) groups excluding carboxylic acids is 3. The minimum atomic E-state index is -1.50. The molecule has 0 aromatic heterocycles. The molecule has 8 nitrogen and oxygen atoms in total. The van der Waals surface area contributed by atoms with E-state index in [2.05, 4.69) is 34.6 Å². The first-order chi connectivity index (χ1) is 17.4. The summed E-state index contributed by atoms with van der Waals surface area (Å²) in [7, 11) is 2.66. The Hall–Kier alpha value is -3.67. The van der Waals surface area contributed by atoms with Crippen LogP contribution in [0.2, 0.25) is 0 Å². The quantitative estimate of drug-likeness (QED) is 0.197. The smallest absolute Gasteiger partial charge is 0.275 e. The van der Waals surface area contributed by atoms with E-state index in [4.69, 9.17) is 5.21 Å². The average Bonchev–Trinajstić information content (AvgIpc) is 2.92. The van der Waals surface area contributed by atoms with Crippen molar-refractivity contribution in [1.82, 2.24) is 21.0 Å². The molecule has 0 heterocycles. The van der Waals surface area contributed by atoms with Gasteiger partial charge < -0.3 is 15.5 Å². The van der Waals surface area contributed by atoms with Crippen molar-refractivity contribution in [2.24, 2.45) is 5.92 Å². The molecule has 3 amide bonds. The van der Waals surface area contributed by atoms with E-state index in [1.54, 1.807) is 24.3 Å². The van der Waals surface area contributed by atoms with Crippen LogP contribution in [0.1, 0.15) is 59.2 Å². The second kappa shape index (κ2) is 13.4. The lowest BCUT2D eigenvalue weighted by atomic mass is 9.89. The van der Waals surface area contributed by atoms with Gasteiger partial charge in [0.05, 0.1) is 0 Å². The van der Waals surface area contributed by atoms with Crippen molar-refractivity contribution >= 4 is 17.7 Å². The number of nitrogens with zero attached hydrogens (tertiary/aromatic N) is 1. The molecule has 0 spiro atoms. The lowest BCUT2D eigenvalue weighted by molar-refractivity contribution is -0.140. The van der Waals surface area contributed by atoms with Gasteiger partial charge in [0.25, 0.3) is 17.7 Å². The number of amides is 3. The molecule has 4 N–H and O–H groups in total. The summed E-state index contributed by atoms with van der Waals surface area (Å²) in [5.41, 5.74) is 4.56. The second-order valence-electron chi connectivity index (χ2n) is 9.07. The number of hydroxylamine groups is 1. The van der Waals surface area contributed by atoms with Crippen LogP contribution in [-0.4, -0.2) is 54.5 Å². The van der Waals surface area contributed by atoms with Crippen LogP contribution in [0.15, 0.2) is 48.5 Å². The Kier molecular flexibility index (Phi) is 10.0. The third kappa shape index (κ3) is 7.41. The van der Waals surface area contributed by atoms with E-state index in [1.807, 2.05) is 12.1 Å². The van der Waals surface area contributed by atoms with E-state index in [-0.39, 0.29) is 5.56 Å². The highest BCUT2D eigenvalue weighted by molar-refractivity contribution is 6.08. The zero-order valence-electron chi connectivity index (χ0n) is 20.8. The third-order valence-corrected chi connectivity index (χ3v) is 6.48. The Morgan fingerprint density at radius 1 is 0.944 bits per heavy atom. The Bertz CT molecular complexity index is 1080. The SMILES string of the molecule is CNC(=O)C(C(=O)NO)N(C)C(=O)c1ccc(C#Cc2ccc(CNCC3CCCCC3)cc2)cc1. The van der Waals surface area contributed by atoms with Crippen LogP contribution in [0.3, 0.4) is 0 Å². The van der Waals surface area contributed by atoms with E-state index in [1.165, 1.54) is 57.2 Å². The van der Waals surface area contributed by atoms with Gasteiger partial charge in [-0.25, -0.2) is 5.48 Å². The highest BCUT2D eigenvalue weighted by Crippen LogP contribution is 2.22. The van der Waals surface area contributed by atoms with Crippen LogP contribution in [-0.2, 0) is 16.1 Å². The fourth-order valence-electron chi connectivity index (χ4n) is 4.35. The van der Waals surface area contributed by atoms with E-state index >= 15 is 0 Å². The molecule has 190 valence electrons. The molecule has 2 aromatic rings. The lowest BCUT2D eigenvalue weighted by Gasteiger charge is -2.25. The Morgan fingerprint density at radius 3 is 2.08 bits per heavy atom. The molecule has 0 saturated heterocycles. The molecule has 1 aliphatic rings. The van der Waals surface area contributed by atoms with Crippen LogP contribution in [0.5, 0.6) is 0 Å². The van der Waals surface area contributed by atoms with Gasteiger partial charge in [0.15, 0.2) is 6.04 Å². The first kappa shape index (κ1) is 26.9. The normalized spacial score (nSPS) is 14.2. The fourth-order valence-corrected chi connectivity index (χ4v) is 4.35. The molecular weight excluding hydrogens is 456 g/mol. The molecule has 1 atom stereocenters. The van der Waals surface area contributed by atoms with Gasteiger partial charge in [0.2, 0.25) is 0 Å². The molecular formula is C28H34N4O4. The van der Waals surface area contributed by atoms with Crippen molar-refractivity contribution < 1.29 is 19.6 Å². The molecule has 1 unspecified atom stereocenters. The maximum Gasteiger partial charge on any atom is 0.275 e. The second-order valence-corrected chi connectivity index (χ2v) is 9.07. The van der Waals surface area contributed by atoms with Crippen LogP contribution in [0.25, 0.3) is 0 Å². The van der Waals surface area contributed by atoms with E-state index in [0.717, 1.165) is 35.0 Å². The highest BCUT2D eigenvalue weighted by atomic mass is 16.5. The molecule has 1 saturated carbocycles. The maximum absolute atomic E-state index is 12.8. The number of hydrogen-bond donors (Lipinski definition) is 4. The predicted molar refractivity (Wildman–Crippen MR) is 137 cm³/mol. The zero-order chi connectivity index (χ0) is 25.9. The van der Waals surface area contributed by atoms with Gasteiger partial charge in [-0.15, -0.1) is 0 Å². The van der Waals surface area contributed by atoms with E-state index in [0.29, 0.717) is 0 Å². The first-order valence-corrected chi connectivity index (χ1v) is 12.3. The topological polar surface area (TPSA) is 111 Å². The predicted octanol–water partition coefficient (Wildman–Crippen LogP) is 2.45. The van der Waals surface area contributed by atoms with Crippen LogP contribution >= 0.6 is 0 Å². The zero-order valence-corrected chi connectivity index (χ0v) is 20.8. The maximum atomic E-state index is 12.8. The van der Waals surface area contributed by atoms with Gasteiger partial charge in [-0.2, -0.15) is 0 Å². The van der Waals surface area contributed by atoms with Crippen molar-refractivity contribution in [3.05, 3.63) is 70.8 Å². The summed E-state index contributed by atoms with van der Waals surface area (Å²) in [5, 5.41) is 14.8. The third-order valence-electron chi connectivity index (χ3n) is 6.48. The monoisotopic (exact) mass is 490 g/mol. The van der Waals surface area contributed by atoms with Gasteiger partial charge in [-0.05, 0) is 67.3 Å². The summed E-state index contributed by atoms with van der Waals surface area (Å²) in [5.74, 6) is 4.77. The fraction of sp³-hybridized carbons (Fsp3) is 0.393. The summed E-state index contributed by atoms with van der Waals surface area (Å²) in [6.45, 7) is 1.94. The van der Waals surface area contributed by atoms with Crippen molar-refractivity contribution in [3.8, 4) is 11.8 Å². The number of benzene rings is 2. The van der Waals surface area contributed by atoms with Crippen LogP contribution in [0, 0.1) is 17.8 Å². The van der Waals surface area contributed by atoms with E-state index < -0.39 is 23.8 Å². The van der Waals surface area contributed by atoms with Gasteiger partial charge in [0, 0.05) is 37.3 Å². The number of nitrogens with one attached hydrogen (secondary N) is 3. The summed E-state index contributed by atoms with van der Waals surface area (Å²) in [4.78, 5) is 37.6. The molecule has 36 heavy (non-hydrogen) atoms. The van der Waals surface area contributed by atoms with Gasteiger partial charge >= 0.3 is 0 Å². The molecule has 0 aliphatic heterocycles. The van der Waals surface area contributed by atoms with Gasteiger partial charge in [-0.3, -0.25) is 19.6 Å². The number of likely N-dealkylation sites (N-methyl/N-ethyl adjacent to an activating group) is 2. The molecule has 3 rings (SSSR count). The first-order valence-electron chi connectivity index (χ1n) is 12.3. The molecule has 0 bridgehead atoms.